The van der Waals surface area contributed by atoms with E-state index >= 15 is 0 Å². The minimum atomic E-state index is -3.52. The predicted molar refractivity (Wildman–Crippen MR) is 260 cm³/mol. The van der Waals surface area contributed by atoms with E-state index in [1.165, 1.54) is 41.9 Å². The molecule has 2 unspecified atom stereocenters. The lowest BCUT2D eigenvalue weighted by Crippen LogP contribution is -2.34. The smallest absolute Gasteiger partial charge is 0.252 e. The standard InChI is InChI=1S/C24H35N3O4S2.C23H33N3O4S2/c1-3-4-5-14-25-20-9-7-15-27(16-13-20)33(29,30)23-12-11-22(32-23)18-26-24(28)19-8-6-10-21(17-19)31-2;1-3-4-13-24-19-8-6-14-26(15-12-19)32(28,29)22-11-10-21(31-22)17-25-23(27)18-7-5-9-20(16-18)30-2/h6,8,10-12,17,20,25H,3-5,7,9,13-16,18H2,1-2H3,(H,26,28);5,7,9-11,16,19,24H,3-4,6,8,12-15,17H2,1-2H3,(H,25,27). The molecule has 14 nitrogen and oxygen atoms in total. The first-order valence-corrected chi connectivity index (χ1v) is 27.4. The normalized spacial score (nSPS) is 17.5. The van der Waals surface area contributed by atoms with E-state index in [1.807, 2.05) is 0 Å². The fraction of sp³-hybridized carbons (Fsp3) is 0.532. The van der Waals surface area contributed by atoms with Crippen molar-refractivity contribution in [3.63, 3.8) is 0 Å². The van der Waals surface area contributed by atoms with Gasteiger partial charge in [-0.2, -0.15) is 8.61 Å². The summed E-state index contributed by atoms with van der Waals surface area (Å²) in [5, 5.41) is 12.9. The van der Waals surface area contributed by atoms with Crippen LogP contribution in [0.25, 0.3) is 0 Å². The Morgan fingerprint density at radius 1 is 0.600 bits per heavy atom. The third kappa shape index (κ3) is 15.9. The number of unbranched alkanes of at least 4 members (excludes halogenated alkanes) is 3. The van der Waals surface area contributed by atoms with Crippen LogP contribution in [0.5, 0.6) is 11.5 Å². The summed E-state index contributed by atoms with van der Waals surface area (Å²) >= 11 is 2.44. The maximum atomic E-state index is 13.2. The van der Waals surface area contributed by atoms with Crippen LogP contribution in [0.3, 0.4) is 0 Å². The molecule has 4 aromatic rings. The minimum Gasteiger partial charge on any atom is -0.497 e. The molecule has 2 aliphatic rings. The Bertz CT molecular complexity index is 2320. The number of hydrogen-bond donors (Lipinski definition) is 4. The van der Waals surface area contributed by atoms with Gasteiger partial charge < -0.3 is 30.7 Å². The number of hydrogen-bond acceptors (Lipinski definition) is 12. The van der Waals surface area contributed by atoms with Gasteiger partial charge >= 0.3 is 0 Å². The van der Waals surface area contributed by atoms with Gasteiger partial charge in [0.25, 0.3) is 31.9 Å². The molecule has 0 spiro atoms. The zero-order valence-electron chi connectivity index (χ0n) is 38.3. The van der Waals surface area contributed by atoms with Crippen LogP contribution in [-0.2, 0) is 33.1 Å². The van der Waals surface area contributed by atoms with Crippen molar-refractivity contribution in [2.45, 2.75) is 118 Å². The Morgan fingerprint density at radius 3 is 1.48 bits per heavy atom. The third-order valence-electron chi connectivity index (χ3n) is 11.5. The summed E-state index contributed by atoms with van der Waals surface area (Å²) < 4.78 is 66.9. The van der Waals surface area contributed by atoms with Crippen molar-refractivity contribution in [2.75, 3.05) is 53.5 Å². The minimum absolute atomic E-state index is 0.225. The molecule has 0 radical (unpaired) electrons. The molecule has 2 atom stereocenters. The van der Waals surface area contributed by atoms with Crippen LogP contribution in [0.1, 0.15) is 115 Å². The molecule has 2 saturated heterocycles. The highest BCUT2D eigenvalue weighted by Gasteiger charge is 2.30. The molecule has 2 amide bonds. The molecule has 6 rings (SSSR count). The fourth-order valence-corrected chi connectivity index (χ4v) is 13.6. The molecule has 4 N–H and O–H groups in total. The van der Waals surface area contributed by atoms with Gasteiger partial charge in [0.15, 0.2) is 0 Å². The summed E-state index contributed by atoms with van der Waals surface area (Å²) in [7, 11) is -3.93. The number of nitrogens with zero attached hydrogens (tertiary/aromatic N) is 2. The lowest BCUT2D eigenvalue weighted by molar-refractivity contribution is 0.0943. The Labute approximate surface area is 395 Å². The summed E-state index contributed by atoms with van der Waals surface area (Å²) in [5.74, 6) is 0.776. The number of methoxy groups -OCH3 is 2. The van der Waals surface area contributed by atoms with Gasteiger partial charge in [-0.05, 0) is 125 Å². The molecule has 0 saturated carbocycles. The van der Waals surface area contributed by atoms with Gasteiger partial charge in [0.05, 0.1) is 27.3 Å². The van der Waals surface area contributed by atoms with Crippen molar-refractivity contribution in [3.8, 4) is 11.5 Å². The first-order valence-electron chi connectivity index (χ1n) is 22.9. The second kappa shape index (κ2) is 26.5. The van der Waals surface area contributed by atoms with Gasteiger partial charge in [-0.1, -0.05) is 45.2 Å². The van der Waals surface area contributed by atoms with Crippen LogP contribution < -0.4 is 30.7 Å². The van der Waals surface area contributed by atoms with E-state index in [0.717, 1.165) is 74.2 Å². The maximum Gasteiger partial charge on any atom is 0.252 e. The van der Waals surface area contributed by atoms with Gasteiger partial charge in [-0.25, -0.2) is 16.8 Å². The molecule has 0 aliphatic carbocycles. The summed E-state index contributed by atoms with van der Waals surface area (Å²) in [5.41, 5.74) is 1.00. The van der Waals surface area contributed by atoms with Gasteiger partial charge in [-0.3, -0.25) is 9.59 Å². The van der Waals surface area contributed by atoms with E-state index in [9.17, 15) is 26.4 Å². The second-order valence-corrected chi connectivity index (χ2v) is 23.0. The number of nitrogens with one attached hydrogen (secondary N) is 4. The van der Waals surface area contributed by atoms with E-state index in [-0.39, 0.29) is 24.9 Å². The van der Waals surface area contributed by atoms with Crippen LogP contribution in [0.4, 0.5) is 0 Å². The quantitative estimate of drug-likeness (QED) is 0.0608. The molecule has 4 heterocycles. The number of ether oxygens (including phenoxy) is 2. The predicted octanol–water partition coefficient (Wildman–Crippen LogP) is 7.63. The summed E-state index contributed by atoms with van der Waals surface area (Å²) in [6.07, 6.45) is 11.3. The van der Waals surface area contributed by atoms with Crippen molar-refractivity contribution in [1.82, 2.24) is 29.9 Å². The number of carbonyl (C=O) groups excluding carboxylic acids is 2. The highest BCUT2D eigenvalue weighted by Crippen LogP contribution is 2.29. The number of carbonyl (C=O) groups is 2. The van der Waals surface area contributed by atoms with E-state index in [1.54, 1.807) is 95.6 Å². The monoisotopic (exact) mass is 972 g/mol. The number of amides is 2. The third-order valence-corrected chi connectivity index (χ3v) is 18.4. The number of thiophene rings is 2. The average molecular weight is 973 g/mol. The van der Waals surface area contributed by atoms with Crippen molar-refractivity contribution in [1.29, 1.82) is 0 Å². The lowest BCUT2D eigenvalue weighted by Gasteiger charge is -2.19. The molecule has 2 aromatic carbocycles. The van der Waals surface area contributed by atoms with E-state index in [2.05, 4.69) is 35.1 Å². The van der Waals surface area contributed by atoms with E-state index < -0.39 is 20.0 Å². The average Bonchev–Trinajstić information content (AvgIpc) is 3.87. The van der Waals surface area contributed by atoms with Crippen molar-refractivity contribution >= 4 is 54.5 Å². The number of benzene rings is 2. The Hall–Kier alpha value is -3.88. The van der Waals surface area contributed by atoms with Gasteiger partial charge in [-0.15, -0.1) is 22.7 Å². The highest BCUT2D eigenvalue weighted by atomic mass is 32.3. The second-order valence-electron chi connectivity index (χ2n) is 16.3. The van der Waals surface area contributed by atoms with Crippen LogP contribution in [-0.4, -0.2) is 103 Å². The molecule has 18 heteroatoms. The first-order chi connectivity index (χ1) is 31.4. The molecule has 358 valence electrons. The SMILES string of the molecule is CCCCCNC1CCCN(S(=O)(=O)c2ccc(CNC(=O)c3cccc(OC)c3)s2)CC1.CCCCNC1CCCN(S(=O)(=O)c2ccc(CNC(=O)c3cccc(OC)c3)s2)CC1. The lowest BCUT2D eigenvalue weighted by atomic mass is 10.1. The van der Waals surface area contributed by atoms with Crippen LogP contribution >= 0.6 is 22.7 Å². The molecule has 2 aromatic heterocycles. The van der Waals surface area contributed by atoms with Crippen LogP contribution in [0, 0.1) is 0 Å². The van der Waals surface area contributed by atoms with Gasteiger partial charge in [0.1, 0.15) is 19.9 Å². The molecule has 0 bridgehead atoms. The molecule has 65 heavy (non-hydrogen) atoms. The van der Waals surface area contributed by atoms with Crippen molar-refractivity contribution in [2.24, 2.45) is 0 Å². The van der Waals surface area contributed by atoms with Crippen LogP contribution in [0.2, 0.25) is 0 Å². The maximum absolute atomic E-state index is 13.2. The Kier molecular flexibility index (Phi) is 21.2. The molecule has 2 aliphatic heterocycles. The van der Waals surface area contributed by atoms with Gasteiger partial charge in [0, 0.05) is 59.1 Å². The Balaban J connectivity index is 0.000000244. The zero-order chi connectivity index (χ0) is 46.7. The fourth-order valence-electron chi connectivity index (χ4n) is 7.70. The summed E-state index contributed by atoms with van der Waals surface area (Å²) in [4.78, 5) is 26.4. The Morgan fingerprint density at radius 2 is 1.05 bits per heavy atom. The summed E-state index contributed by atoms with van der Waals surface area (Å²) in [6.45, 7) is 9.08. The molecular formula is C47H68N6O8S4. The summed E-state index contributed by atoms with van der Waals surface area (Å²) in [6, 6.07) is 21.5. The van der Waals surface area contributed by atoms with Gasteiger partial charge in [0.2, 0.25) is 0 Å². The van der Waals surface area contributed by atoms with E-state index in [4.69, 9.17) is 9.47 Å². The number of rotatable bonds is 21. The van der Waals surface area contributed by atoms with Crippen molar-refractivity contribution in [3.05, 3.63) is 93.7 Å². The topological polar surface area (TPSA) is 175 Å². The van der Waals surface area contributed by atoms with E-state index in [0.29, 0.717) is 69.3 Å². The highest BCUT2D eigenvalue weighted by molar-refractivity contribution is 7.91. The number of sulfonamides is 2. The van der Waals surface area contributed by atoms with Crippen LogP contribution in [0.15, 0.2) is 81.2 Å². The largest absolute Gasteiger partial charge is 0.497 e. The first kappa shape index (κ1) is 52.1. The zero-order valence-corrected chi connectivity index (χ0v) is 41.6. The molecular weight excluding hydrogens is 905 g/mol. The van der Waals surface area contributed by atoms with Crippen molar-refractivity contribution < 1.29 is 35.9 Å². The molecule has 2 fully saturated rings.